The Balaban J connectivity index is 2.10. The molecule has 0 aliphatic carbocycles. The molecule has 1 unspecified atom stereocenters. The highest BCUT2D eigenvalue weighted by molar-refractivity contribution is 6.42. The number of amides is 1. The summed E-state index contributed by atoms with van der Waals surface area (Å²) in [4.78, 5) is 13.2. The molecule has 0 bridgehead atoms. The first-order chi connectivity index (χ1) is 11.3. The van der Waals surface area contributed by atoms with E-state index in [9.17, 15) is 19.4 Å². The molecule has 24 heavy (non-hydrogen) atoms. The smallest absolute Gasteiger partial charge is 0.253 e. The van der Waals surface area contributed by atoms with Crippen LogP contribution in [0, 0.1) is 11.7 Å². The van der Waals surface area contributed by atoms with Crippen molar-refractivity contribution in [3.63, 3.8) is 0 Å². The van der Waals surface area contributed by atoms with Gasteiger partial charge in [-0.2, -0.15) is 0 Å². The zero-order valence-electron chi connectivity index (χ0n) is 12.8. The van der Waals surface area contributed by atoms with Gasteiger partial charge in [0.1, 0.15) is 5.75 Å². The molecule has 1 aromatic rings. The maximum atomic E-state index is 14.3. The van der Waals surface area contributed by atoms with E-state index in [-0.39, 0.29) is 27.3 Å². The van der Waals surface area contributed by atoms with Gasteiger partial charge in [0, 0.05) is 30.8 Å². The lowest BCUT2D eigenvalue weighted by Crippen LogP contribution is -2.46. The third-order valence-electron chi connectivity index (χ3n) is 4.33. The van der Waals surface area contributed by atoms with Crippen LogP contribution in [0.3, 0.4) is 0 Å². The summed E-state index contributed by atoms with van der Waals surface area (Å²) in [6.45, 7) is -0.00341. The van der Waals surface area contributed by atoms with Crippen molar-refractivity contribution in [2.45, 2.75) is 25.0 Å². The molecule has 5 N–H and O–H groups in total. The molecule has 0 radical (unpaired) electrons. The van der Waals surface area contributed by atoms with Crippen LogP contribution in [-0.2, 0) is 4.79 Å². The van der Waals surface area contributed by atoms with Gasteiger partial charge in [-0.15, -0.1) is 0 Å². The van der Waals surface area contributed by atoms with Crippen molar-refractivity contribution in [1.82, 2.24) is 4.90 Å². The van der Waals surface area contributed by atoms with Gasteiger partial charge >= 0.3 is 0 Å². The monoisotopic (exact) mass is 380 g/mol. The number of likely N-dealkylation sites (tertiary alicyclic amines) is 1. The summed E-state index contributed by atoms with van der Waals surface area (Å²) in [6, 6.07) is 0.345. The Bertz CT molecular complexity index is 624. The normalized spacial score (nSPS) is 18.5. The fourth-order valence-corrected chi connectivity index (χ4v) is 3.26. The number of hydrogen-bond donors (Lipinski definition) is 4. The van der Waals surface area contributed by atoms with E-state index in [2.05, 4.69) is 0 Å². The van der Waals surface area contributed by atoms with Crippen molar-refractivity contribution >= 4 is 29.1 Å². The van der Waals surface area contributed by atoms with Crippen molar-refractivity contribution in [1.29, 1.82) is 0 Å². The first-order valence-corrected chi connectivity index (χ1v) is 8.23. The van der Waals surface area contributed by atoms with Gasteiger partial charge in [-0.1, -0.05) is 23.2 Å². The predicted octanol–water partition coefficient (Wildman–Crippen LogP) is 1.43. The van der Waals surface area contributed by atoms with E-state index in [0.717, 1.165) is 6.07 Å². The minimum Gasteiger partial charge on any atom is -0.507 e. The Hall–Kier alpha value is -1.12. The number of aromatic hydroxyl groups is 1. The van der Waals surface area contributed by atoms with Crippen molar-refractivity contribution in [3.8, 4) is 5.75 Å². The van der Waals surface area contributed by atoms with E-state index in [1.807, 2.05) is 0 Å². The standard InChI is InChI=1S/C15H19Cl2FN2O4/c16-8-5-9(22)11(13(18)12(8)17)14(19)7-1-3-20(4-2-7)15(24)10(23)6-21/h5,7,10,14,21-23H,1-4,6,19H2/t10?,14-/m0/s1. The molecule has 1 heterocycles. The number of piperidine rings is 1. The molecule has 0 saturated carbocycles. The first kappa shape index (κ1) is 19.2. The summed E-state index contributed by atoms with van der Waals surface area (Å²) in [7, 11) is 0. The van der Waals surface area contributed by atoms with Gasteiger partial charge in [0.05, 0.1) is 16.7 Å². The third-order valence-corrected chi connectivity index (χ3v) is 5.09. The number of aliphatic hydroxyl groups excluding tert-OH is 2. The highest BCUT2D eigenvalue weighted by Gasteiger charge is 2.32. The van der Waals surface area contributed by atoms with Gasteiger partial charge in [0.25, 0.3) is 5.91 Å². The van der Waals surface area contributed by atoms with E-state index in [1.165, 1.54) is 4.90 Å². The topological polar surface area (TPSA) is 107 Å². The summed E-state index contributed by atoms with van der Waals surface area (Å²) in [5, 5.41) is 27.8. The van der Waals surface area contributed by atoms with Gasteiger partial charge in [-0.05, 0) is 18.8 Å². The van der Waals surface area contributed by atoms with Crippen molar-refractivity contribution in [2.75, 3.05) is 19.7 Å². The van der Waals surface area contributed by atoms with Crippen LogP contribution in [0.2, 0.25) is 10.0 Å². The highest BCUT2D eigenvalue weighted by Crippen LogP contribution is 2.40. The fraction of sp³-hybridized carbons (Fsp3) is 0.533. The van der Waals surface area contributed by atoms with Gasteiger partial charge in [0.2, 0.25) is 0 Å². The summed E-state index contributed by atoms with van der Waals surface area (Å²) < 4.78 is 14.3. The predicted molar refractivity (Wildman–Crippen MR) is 87.4 cm³/mol. The molecule has 1 saturated heterocycles. The molecule has 1 aliphatic heterocycles. The molecular weight excluding hydrogens is 362 g/mol. The number of benzene rings is 1. The molecule has 134 valence electrons. The number of phenolic OH excluding ortho intramolecular Hbond substituents is 1. The molecule has 9 heteroatoms. The lowest BCUT2D eigenvalue weighted by Gasteiger charge is -2.35. The lowest BCUT2D eigenvalue weighted by molar-refractivity contribution is -0.143. The second-order valence-electron chi connectivity index (χ2n) is 5.81. The van der Waals surface area contributed by atoms with Gasteiger partial charge < -0.3 is 26.0 Å². The minimum absolute atomic E-state index is 0.0930. The largest absolute Gasteiger partial charge is 0.507 e. The van der Waals surface area contributed by atoms with Crippen LogP contribution < -0.4 is 5.73 Å². The Morgan fingerprint density at radius 3 is 2.54 bits per heavy atom. The Morgan fingerprint density at radius 2 is 2.00 bits per heavy atom. The van der Waals surface area contributed by atoms with Crippen LogP contribution in [0.5, 0.6) is 5.75 Å². The Morgan fingerprint density at radius 1 is 1.42 bits per heavy atom. The second kappa shape index (κ2) is 7.84. The number of halogens is 3. The summed E-state index contributed by atoms with van der Waals surface area (Å²) >= 11 is 11.5. The number of carbonyl (C=O) groups is 1. The summed E-state index contributed by atoms with van der Waals surface area (Å²) in [5.74, 6) is -1.93. The van der Waals surface area contributed by atoms with Crippen LogP contribution in [0.4, 0.5) is 4.39 Å². The van der Waals surface area contributed by atoms with Crippen molar-refractivity contribution < 1.29 is 24.5 Å². The van der Waals surface area contributed by atoms with E-state index in [1.54, 1.807) is 0 Å². The maximum Gasteiger partial charge on any atom is 0.253 e. The number of rotatable bonds is 4. The molecule has 1 amide bonds. The highest BCUT2D eigenvalue weighted by atomic mass is 35.5. The van der Waals surface area contributed by atoms with E-state index in [0.29, 0.717) is 25.9 Å². The molecular formula is C15H19Cl2FN2O4. The molecule has 1 aromatic carbocycles. The Labute approximate surface area is 148 Å². The first-order valence-electron chi connectivity index (χ1n) is 7.47. The molecule has 2 atom stereocenters. The second-order valence-corrected chi connectivity index (χ2v) is 6.59. The molecule has 0 spiro atoms. The number of carbonyl (C=O) groups excluding carboxylic acids is 1. The van der Waals surface area contributed by atoms with Gasteiger partial charge in [-0.3, -0.25) is 4.79 Å². The van der Waals surface area contributed by atoms with E-state index < -0.39 is 30.5 Å². The summed E-state index contributed by atoms with van der Waals surface area (Å²) in [5.41, 5.74) is 6.01. The molecule has 0 aromatic heterocycles. The van der Waals surface area contributed by atoms with Crippen molar-refractivity contribution in [3.05, 3.63) is 27.5 Å². The zero-order chi connectivity index (χ0) is 18.0. The van der Waals surface area contributed by atoms with Crippen LogP contribution in [0.15, 0.2) is 6.07 Å². The van der Waals surface area contributed by atoms with Crippen LogP contribution in [-0.4, -0.2) is 51.9 Å². The van der Waals surface area contributed by atoms with Crippen molar-refractivity contribution in [2.24, 2.45) is 11.7 Å². The number of nitrogens with two attached hydrogens (primary N) is 1. The van der Waals surface area contributed by atoms with Gasteiger partial charge in [0.15, 0.2) is 11.9 Å². The molecule has 1 aliphatic rings. The molecule has 1 fully saturated rings. The number of nitrogens with zero attached hydrogens (tertiary/aromatic N) is 1. The summed E-state index contributed by atoms with van der Waals surface area (Å²) in [6.07, 6.45) is -0.513. The maximum absolute atomic E-state index is 14.3. The fourth-order valence-electron chi connectivity index (χ4n) is 2.92. The SMILES string of the molecule is N[C@H](c1c(O)cc(Cl)c(Cl)c1F)C1CCN(C(=O)C(O)CO)CC1. The average Bonchev–Trinajstić information content (AvgIpc) is 2.58. The quantitative estimate of drug-likeness (QED) is 0.591. The Kier molecular flexibility index (Phi) is 6.28. The number of phenols is 1. The third kappa shape index (κ3) is 3.75. The lowest BCUT2D eigenvalue weighted by atomic mass is 9.85. The number of aliphatic hydroxyl groups is 2. The van der Waals surface area contributed by atoms with E-state index in [4.69, 9.17) is 34.0 Å². The average molecular weight is 381 g/mol. The van der Waals surface area contributed by atoms with Crippen LogP contribution >= 0.6 is 23.2 Å². The van der Waals surface area contributed by atoms with Crippen LogP contribution in [0.1, 0.15) is 24.4 Å². The molecule has 2 rings (SSSR count). The minimum atomic E-state index is -1.44. The van der Waals surface area contributed by atoms with E-state index >= 15 is 0 Å². The van der Waals surface area contributed by atoms with Gasteiger partial charge in [-0.25, -0.2) is 4.39 Å². The molecule has 6 nitrogen and oxygen atoms in total. The number of hydrogen-bond acceptors (Lipinski definition) is 5. The zero-order valence-corrected chi connectivity index (χ0v) is 14.3. The van der Waals surface area contributed by atoms with Crippen LogP contribution in [0.25, 0.3) is 0 Å².